The van der Waals surface area contributed by atoms with Crippen LogP contribution in [0.2, 0.25) is 0 Å². The molecule has 1 heterocycles. The number of methoxy groups -OCH3 is 1. The molecule has 0 amide bonds. The first-order valence-electron chi connectivity index (χ1n) is 10.1. The van der Waals surface area contributed by atoms with Crippen molar-refractivity contribution in [1.82, 2.24) is 15.5 Å². The van der Waals surface area contributed by atoms with E-state index in [1.165, 1.54) is 42.6 Å². The Kier molecular flexibility index (Phi) is 9.73. The minimum absolute atomic E-state index is 0. The molecule has 29 heavy (non-hydrogen) atoms. The lowest BCUT2D eigenvalue weighted by Gasteiger charge is -2.15. The zero-order valence-electron chi connectivity index (χ0n) is 17.7. The Morgan fingerprint density at radius 1 is 0.966 bits per heavy atom. The average molecular weight is 508 g/mol. The second-order valence-electron chi connectivity index (χ2n) is 7.38. The van der Waals surface area contributed by atoms with E-state index in [4.69, 9.17) is 4.74 Å². The molecule has 5 nitrogen and oxygen atoms in total. The van der Waals surface area contributed by atoms with Gasteiger partial charge < -0.3 is 15.4 Å². The highest BCUT2D eigenvalue weighted by atomic mass is 127. The Hall–Kier alpha value is -1.80. The first kappa shape index (κ1) is 23.5. The number of nitrogens with zero attached hydrogens (tertiary/aromatic N) is 2. The van der Waals surface area contributed by atoms with Gasteiger partial charge in [0.05, 0.1) is 7.11 Å². The van der Waals surface area contributed by atoms with Gasteiger partial charge in [-0.2, -0.15) is 0 Å². The number of aryl methyl sites for hydroxylation is 1. The fourth-order valence-corrected chi connectivity index (χ4v) is 3.60. The molecule has 0 unspecified atom stereocenters. The SMILES string of the molecule is CN=C(NCc1ccc(CN2CCCC2)cc1)NCc1ccc(OC)c(C)c1.I. The van der Waals surface area contributed by atoms with Crippen LogP contribution in [0.1, 0.15) is 35.1 Å². The molecule has 1 aliphatic heterocycles. The molecule has 0 saturated carbocycles. The third-order valence-electron chi connectivity index (χ3n) is 5.23. The van der Waals surface area contributed by atoms with Crippen molar-refractivity contribution in [1.29, 1.82) is 0 Å². The second-order valence-corrected chi connectivity index (χ2v) is 7.38. The molecule has 0 bridgehead atoms. The maximum atomic E-state index is 5.32. The first-order valence-corrected chi connectivity index (χ1v) is 10.1. The van der Waals surface area contributed by atoms with Gasteiger partial charge in [-0.15, -0.1) is 24.0 Å². The summed E-state index contributed by atoms with van der Waals surface area (Å²) in [5, 5.41) is 6.76. The van der Waals surface area contributed by atoms with Crippen LogP contribution in [-0.4, -0.2) is 38.1 Å². The van der Waals surface area contributed by atoms with Crippen LogP contribution in [0, 0.1) is 6.92 Å². The number of aliphatic imine (C=N–C) groups is 1. The molecule has 6 heteroatoms. The Labute approximate surface area is 192 Å². The Morgan fingerprint density at radius 3 is 2.14 bits per heavy atom. The summed E-state index contributed by atoms with van der Waals surface area (Å²) >= 11 is 0. The third kappa shape index (κ3) is 7.19. The van der Waals surface area contributed by atoms with E-state index in [1.54, 1.807) is 14.2 Å². The van der Waals surface area contributed by atoms with Crippen molar-refractivity contribution in [3.63, 3.8) is 0 Å². The highest BCUT2D eigenvalue weighted by Crippen LogP contribution is 2.18. The van der Waals surface area contributed by atoms with Gasteiger partial charge >= 0.3 is 0 Å². The van der Waals surface area contributed by atoms with E-state index in [2.05, 4.69) is 63.8 Å². The van der Waals surface area contributed by atoms with E-state index in [1.807, 2.05) is 6.07 Å². The minimum Gasteiger partial charge on any atom is -0.496 e. The van der Waals surface area contributed by atoms with Crippen LogP contribution in [-0.2, 0) is 19.6 Å². The fourth-order valence-electron chi connectivity index (χ4n) is 3.60. The van der Waals surface area contributed by atoms with Gasteiger partial charge in [0.25, 0.3) is 0 Å². The topological polar surface area (TPSA) is 48.9 Å². The monoisotopic (exact) mass is 508 g/mol. The van der Waals surface area contributed by atoms with Gasteiger partial charge in [0.15, 0.2) is 5.96 Å². The number of halogens is 1. The summed E-state index contributed by atoms with van der Waals surface area (Å²) in [5.41, 5.74) is 4.99. The van der Waals surface area contributed by atoms with Gasteiger partial charge in [0.1, 0.15) is 5.75 Å². The summed E-state index contributed by atoms with van der Waals surface area (Å²) in [5.74, 6) is 1.72. The number of hydrogen-bond donors (Lipinski definition) is 2. The van der Waals surface area contributed by atoms with Gasteiger partial charge in [-0.3, -0.25) is 9.89 Å². The van der Waals surface area contributed by atoms with Crippen molar-refractivity contribution >= 4 is 29.9 Å². The number of hydrogen-bond acceptors (Lipinski definition) is 3. The third-order valence-corrected chi connectivity index (χ3v) is 5.23. The molecule has 3 rings (SSSR count). The van der Waals surface area contributed by atoms with E-state index in [9.17, 15) is 0 Å². The molecule has 158 valence electrons. The molecule has 2 aromatic carbocycles. The lowest BCUT2D eigenvalue weighted by atomic mass is 10.1. The van der Waals surface area contributed by atoms with E-state index in [-0.39, 0.29) is 24.0 Å². The molecule has 1 fully saturated rings. The van der Waals surface area contributed by atoms with Crippen molar-refractivity contribution in [2.24, 2.45) is 4.99 Å². The predicted octanol–water partition coefficient (Wildman–Crippen LogP) is 4.08. The van der Waals surface area contributed by atoms with Crippen LogP contribution >= 0.6 is 24.0 Å². The maximum Gasteiger partial charge on any atom is 0.191 e. The fraction of sp³-hybridized carbons (Fsp3) is 0.435. The quantitative estimate of drug-likeness (QED) is 0.336. The summed E-state index contributed by atoms with van der Waals surface area (Å²) in [7, 11) is 3.50. The van der Waals surface area contributed by atoms with Crippen molar-refractivity contribution < 1.29 is 4.74 Å². The standard InChI is InChI=1S/C23H32N4O.HI/c1-18-14-21(10-11-22(18)28-3)16-26-23(24-2)25-15-19-6-8-20(9-7-19)17-27-12-4-5-13-27;/h6-11,14H,4-5,12-13,15-17H2,1-3H3,(H2,24,25,26);1H. The number of rotatable bonds is 7. The zero-order chi connectivity index (χ0) is 19.8. The molecular formula is C23H33IN4O. The molecule has 0 atom stereocenters. The Balaban J connectivity index is 0.00000300. The van der Waals surface area contributed by atoms with Gasteiger partial charge in [0.2, 0.25) is 0 Å². The lowest BCUT2D eigenvalue weighted by molar-refractivity contribution is 0.331. The summed E-state index contributed by atoms with van der Waals surface area (Å²) in [6.45, 7) is 7.07. The van der Waals surface area contributed by atoms with Crippen LogP contribution in [0.5, 0.6) is 5.75 Å². The number of nitrogens with one attached hydrogen (secondary N) is 2. The smallest absolute Gasteiger partial charge is 0.191 e. The average Bonchev–Trinajstić information content (AvgIpc) is 3.22. The molecule has 0 aromatic heterocycles. The van der Waals surface area contributed by atoms with E-state index in [0.29, 0.717) is 0 Å². The second kappa shape index (κ2) is 12.0. The van der Waals surface area contributed by atoms with Gasteiger partial charge in [0, 0.05) is 26.7 Å². The van der Waals surface area contributed by atoms with E-state index in [0.717, 1.165) is 36.9 Å². The largest absolute Gasteiger partial charge is 0.496 e. The first-order chi connectivity index (χ1) is 13.7. The number of guanidine groups is 1. The number of likely N-dealkylation sites (tertiary alicyclic amines) is 1. The van der Waals surface area contributed by atoms with Gasteiger partial charge in [-0.25, -0.2) is 0 Å². The maximum absolute atomic E-state index is 5.32. The lowest BCUT2D eigenvalue weighted by Crippen LogP contribution is -2.36. The predicted molar refractivity (Wildman–Crippen MR) is 131 cm³/mol. The summed E-state index contributed by atoms with van der Waals surface area (Å²) in [6.07, 6.45) is 2.68. The highest BCUT2D eigenvalue weighted by molar-refractivity contribution is 14.0. The van der Waals surface area contributed by atoms with Crippen LogP contribution in [0.15, 0.2) is 47.5 Å². The van der Waals surface area contributed by atoms with Crippen LogP contribution in [0.25, 0.3) is 0 Å². The normalized spacial score (nSPS) is 14.4. The van der Waals surface area contributed by atoms with Gasteiger partial charge in [-0.05, 0) is 61.2 Å². The molecule has 0 aliphatic carbocycles. The van der Waals surface area contributed by atoms with Crippen LogP contribution < -0.4 is 15.4 Å². The van der Waals surface area contributed by atoms with Crippen molar-refractivity contribution in [2.45, 2.75) is 39.4 Å². The van der Waals surface area contributed by atoms with Crippen molar-refractivity contribution in [2.75, 3.05) is 27.2 Å². The van der Waals surface area contributed by atoms with Crippen LogP contribution in [0.3, 0.4) is 0 Å². The van der Waals surface area contributed by atoms with Gasteiger partial charge in [-0.1, -0.05) is 36.4 Å². The van der Waals surface area contributed by atoms with E-state index < -0.39 is 0 Å². The molecule has 2 aromatic rings. The summed E-state index contributed by atoms with van der Waals surface area (Å²) < 4.78 is 5.32. The zero-order valence-corrected chi connectivity index (χ0v) is 20.0. The number of ether oxygens (including phenoxy) is 1. The summed E-state index contributed by atoms with van der Waals surface area (Å²) in [4.78, 5) is 6.85. The van der Waals surface area contributed by atoms with E-state index >= 15 is 0 Å². The molecule has 2 N–H and O–H groups in total. The van der Waals surface area contributed by atoms with Crippen molar-refractivity contribution in [3.05, 3.63) is 64.7 Å². The minimum atomic E-state index is 0. The summed E-state index contributed by atoms with van der Waals surface area (Å²) in [6, 6.07) is 15.1. The molecule has 1 saturated heterocycles. The molecule has 1 aliphatic rings. The highest BCUT2D eigenvalue weighted by Gasteiger charge is 2.11. The Bertz CT molecular complexity index is 786. The molecular weight excluding hydrogens is 475 g/mol. The molecule has 0 radical (unpaired) electrons. The van der Waals surface area contributed by atoms with Crippen LogP contribution in [0.4, 0.5) is 0 Å². The number of benzene rings is 2. The van der Waals surface area contributed by atoms with Crippen molar-refractivity contribution in [3.8, 4) is 5.75 Å². The molecule has 0 spiro atoms. The Morgan fingerprint density at radius 2 is 1.55 bits per heavy atom.